The van der Waals surface area contributed by atoms with Crippen LogP contribution in [0.2, 0.25) is 0 Å². The van der Waals surface area contributed by atoms with Crippen molar-refractivity contribution in [3.8, 4) is 11.5 Å². The Labute approximate surface area is 139 Å². The van der Waals surface area contributed by atoms with E-state index in [0.717, 1.165) is 41.3 Å². The van der Waals surface area contributed by atoms with E-state index in [-0.39, 0.29) is 5.56 Å². The SMILES string of the molecule is COc1ccc(OC)c(CN2CCc3[nH]c(=S)[nH]c(=O)c3C2)c1. The van der Waals surface area contributed by atoms with E-state index in [0.29, 0.717) is 17.9 Å². The molecular formula is C16H19N3O3S. The molecule has 122 valence electrons. The van der Waals surface area contributed by atoms with E-state index < -0.39 is 0 Å². The van der Waals surface area contributed by atoms with Gasteiger partial charge in [-0.25, -0.2) is 0 Å². The molecule has 1 aliphatic heterocycles. The average molecular weight is 333 g/mol. The normalized spacial score (nSPS) is 14.3. The standard InChI is InChI=1S/C16H19N3O3S/c1-21-11-3-4-14(22-2)10(7-11)8-19-6-5-13-12(9-19)15(20)18-16(23)17-13/h3-4,7H,5-6,8-9H2,1-2H3,(H2,17,18,20,23). The topological polar surface area (TPSA) is 70.3 Å². The fourth-order valence-corrected chi connectivity index (χ4v) is 3.11. The largest absolute Gasteiger partial charge is 0.497 e. The lowest BCUT2D eigenvalue weighted by atomic mass is 10.1. The second-order valence-corrected chi connectivity index (χ2v) is 5.91. The summed E-state index contributed by atoms with van der Waals surface area (Å²) in [6.07, 6.45) is 0.773. The van der Waals surface area contributed by atoms with Crippen molar-refractivity contribution in [3.05, 3.63) is 50.1 Å². The van der Waals surface area contributed by atoms with E-state index >= 15 is 0 Å². The van der Waals surface area contributed by atoms with Crippen LogP contribution < -0.4 is 15.0 Å². The van der Waals surface area contributed by atoms with E-state index in [9.17, 15) is 4.79 Å². The van der Waals surface area contributed by atoms with Crippen LogP contribution in [0.4, 0.5) is 0 Å². The van der Waals surface area contributed by atoms with Gasteiger partial charge in [0.05, 0.1) is 19.8 Å². The third kappa shape index (κ3) is 3.30. The number of fused-ring (bicyclic) bond motifs is 1. The number of hydrogen-bond acceptors (Lipinski definition) is 5. The molecule has 1 aromatic heterocycles. The molecule has 0 radical (unpaired) electrons. The molecule has 7 heteroatoms. The Morgan fingerprint density at radius 3 is 2.83 bits per heavy atom. The van der Waals surface area contributed by atoms with Crippen molar-refractivity contribution in [3.63, 3.8) is 0 Å². The summed E-state index contributed by atoms with van der Waals surface area (Å²) in [5.41, 5.74) is 2.63. The van der Waals surface area contributed by atoms with Crippen LogP contribution in [0.3, 0.4) is 0 Å². The van der Waals surface area contributed by atoms with Gasteiger partial charge in [-0.3, -0.25) is 14.7 Å². The number of hydrogen-bond donors (Lipinski definition) is 2. The van der Waals surface area contributed by atoms with Crippen molar-refractivity contribution in [1.82, 2.24) is 14.9 Å². The Balaban J connectivity index is 1.85. The zero-order valence-electron chi connectivity index (χ0n) is 13.1. The molecule has 0 saturated carbocycles. The molecule has 0 spiro atoms. The number of ether oxygens (including phenoxy) is 2. The van der Waals surface area contributed by atoms with Gasteiger partial charge in [-0.2, -0.15) is 0 Å². The number of aromatic amines is 2. The van der Waals surface area contributed by atoms with Gasteiger partial charge < -0.3 is 14.5 Å². The minimum Gasteiger partial charge on any atom is -0.497 e. The molecule has 0 aliphatic carbocycles. The first-order chi connectivity index (χ1) is 11.1. The number of H-pyrrole nitrogens is 2. The summed E-state index contributed by atoms with van der Waals surface area (Å²) in [5.74, 6) is 1.61. The minimum atomic E-state index is -0.106. The number of nitrogens with one attached hydrogen (secondary N) is 2. The van der Waals surface area contributed by atoms with Crippen molar-refractivity contribution in [1.29, 1.82) is 0 Å². The third-order valence-corrected chi connectivity index (χ3v) is 4.28. The highest BCUT2D eigenvalue weighted by molar-refractivity contribution is 7.71. The molecule has 1 aromatic carbocycles. The van der Waals surface area contributed by atoms with Gasteiger partial charge in [0.15, 0.2) is 4.77 Å². The lowest BCUT2D eigenvalue weighted by Crippen LogP contribution is -2.35. The second-order valence-electron chi connectivity index (χ2n) is 5.50. The average Bonchev–Trinajstić information content (AvgIpc) is 2.55. The highest BCUT2D eigenvalue weighted by Gasteiger charge is 2.21. The highest BCUT2D eigenvalue weighted by Crippen LogP contribution is 2.26. The van der Waals surface area contributed by atoms with E-state index in [1.54, 1.807) is 14.2 Å². The number of benzene rings is 1. The molecule has 0 saturated heterocycles. The van der Waals surface area contributed by atoms with Gasteiger partial charge in [0.1, 0.15) is 11.5 Å². The van der Waals surface area contributed by atoms with Crippen LogP contribution in [0.1, 0.15) is 16.8 Å². The lowest BCUT2D eigenvalue weighted by Gasteiger charge is -2.28. The number of nitrogens with zero attached hydrogens (tertiary/aromatic N) is 1. The smallest absolute Gasteiger partial charge is 0.256 e. The van der Waals surface area contributed by atoms with Crippen LogP contribution in [0, 0.1) is 4.77 Å². The van der Waals surface area contributed by atoms with Crippen molar-refractivity contribution in [2.75, 3.05) is 20.8 Å². The van der Waals surface area contributed by atoms with Crippen LogP contribution in [-0.2, 0) is 19.5 Å². The Morgan fingerprint density at radius 2 is 2.09 bits per heavy atom. The summed E-state index contributed by atoms with van der Waals surface area (Å²) in [6, 6.07) is 5.74. The number of methoxy groups -OCH3 is 2. The molecule has 23 heavy (non-hydrogen) atoms. The van der Waals surface area contributed by atoms with Gasteiger partial charge in [-0.05, 0) is 30.4 Å². The van der Waals surface area contributed by atoms with E-state index in [1.165, 1.54) is 0 Å². The first-order valence-electron chi connectivity index (χ1n) is 7.38. The van der Waals surface area contributed by atoms with Gasteiger partial charge >= 0.3 is 0 Å². The molecule has 6 nitrogen and oxygen atoms in total. The summed E-state index contributed by atoms with van der Waals surface area (Å²) in [4.78, 5) is 20.0. The van der Waals surface area contributed by atoms with E-state index in [1.807, 2.05) is 18.2 Å². The van der Waals surface area contributed by atoms with Crippen molar-refractivity contribution >= 4 is 12.2 Å². The summed E-state index contributed by atoms with van der Waals surface area (Å²) >= 11 is 5.02. The molecule has 1 aliphatic rings. The van der Waals surface area contributed by atoms with Crippen molar-refractivity contribution < 1.29 is 9.47 Å². The zero-order valence-corrected chi connectivity index (χ0v) is 14.0. The Morgan fingerprint density at radius 1 is 1.26 bits per heavy atom. The fraction of sp³-hybridized carbons (Fsp3) is 0.375. The van der Waals surface area contributed by atoms with Gasteiger partial charge in [0.2, 0.25) is 0 Å². The van der Waals surface area contributed by atoms with Gasteiger partial charge in [0.25, 0.3) is 5.56 Å². The second kappa shape index (κ2) is 6.55. The molecule has 0 atom stereocenters. The number of aromatic nitrogens is 2. The molecular weight excluding hydrogens is 314 g/mol. The van der Waals surface area contributed by atoms with Crippen LogP contribution in [0.15, 0.2) is 23.0 Å². The first-order valence-corrected chi connectivity index (χ1v) is 7.79. The maximum Gasteiger partial charge on any atom is 0.256 e. The van der Waals surface area contributed by atoms with Crippen LogP contribution in [-0.4, -0.2) is 35.6 Å². The maximum absolute atomic E-state index is 12.1. The third-order valence-electron chi connectivity index (χ3n) is 4.07. The van der Waals surface area contributed by atoms with Crippen LogP contribution in [0.25, 0.3) is 0 Å². The highest BCUT2D eigenvalue weighted by atomic mass is 32.1. The summed E-state index contributed by atoms with van der Waals surface area (Å²) in [7, 11) is 3.30. The molecule has 0 amide bonds. The Kier molecular flexibility index (Phi) is 4.49. The van der Waals surface area contributed by atoms with Gasteiger partial charge in [-0.15, -0.1) is 0 Å². The van der Waals surface area contributed by atoms with Crippen LogP contribution >= 0.6 is 12.2 Å². The summed E-state index contributed by atoms with van der Waals surface area (Å²) in [6.45, 7) is 2.12. The molecule has 2 N–H and O–H groups in total. The monoisotopic (exact) mass is 333 g/mol. The van der Waals surface area contributed by atoms with Crippen LogP contribution in [0.5, 0.6) is 11.5 Å². The first kappa shape index (κ1) is 15.8. The van der Waals surface area contributed by atoms with E-state index in [4.69, 9.17) is 21.7 Å². The van der Waals surface area contributed by atoms with Crippen molar-refractivity contribution in [2.45, 2.75) is 19.5 Å². The summed E-state index contributed by atoms with van der Waals surface area (Å²) < 4.78 is 11.1. The molecule has 0 bridgehead atoms. The molecule has 2 heterocycles. The minimum absolute atomic E-state index is 0.106. The molecule has 0 unspecified atom stereocenters. The maximum atomic E-state index is 12.1. The number of rotatable bonds is 4. The lowest BCUT2D eigenvalue weighted by molar-refractivity contribution is 0.237. The molecule has 2 aromatic rings. The Bertz CT molecular complexity index is 828. The molecule has 0 fully saturated rings. The fourth-order valence-electron chi connectivity index (χ4n) is 2.89. The van der Waals surface area contributed by atoms with Gasteiger partial charge in [-0.1, -0.05) is 0 Å². The van der Waals surface area contributed by atoms with Gasteiger partial charge in [0, 0.05) is 37.3 Å². The van der Waals surface area contributed by atoms with Crippen molar-refractivity contribution in [2.24, 2.45) is 0 Å². The zero-order chi connectivity index (χ0) is 16.4. The summed E-state index contributed by atoms with van der Waals surface area (Å²) in [5, 5.41) is 0. The molecule has 3 rings (SSSR count). The predicted octanol–water partition coefficient (Wildman–Crippen LogP) is 2.01. The predicted molar refractivity (Wildman–Crippen MR) is 89.6 cm³/mol. The quantitative estimate of drug-likeness (QED) is 0.838. The Hall–Kier alpha value is -2.12. The van der Waals surface area contributed by atoms with E-state index in [2.05, 4.69) is 14.9 Å².